The quantitative estimate of drug-likeness (QED) is 0.806. The van der Waals surface area contributed by atoms with Crippen molar-refractivity contribution in [1.82, 2.24) is 5.32 Å². The Morgan fingerprint density at radius 2 is 2.11 bits per heavy atom. The van der Waals surface area contributed by atoms with Crippen molar-refractivity contribution < 1.29 is 9.59 Å². The summed E-state index contributed by atoms with van der Waals surface area (Å²) in [5.41, 5.74) is 1.35. The third kappa shape index (κ3) is 2.70. The molecule has 1 N–H and O–H groups in total. The summed E-state index contributed by atoms with van der Waals surface area (Å²) < 4.78 is 0. The molecule has 18 heavy (non-hydrogen) atoms. The average Bonchev–Trinajstić information content (AvgIpc) is 2.26. The molecule has 0 aromatic heterocycles. The van der Waals surface area contributed by atoms with E-state index in [-0.39, 0.29) is 17.2 Å². The highest BCUT2D eigenvalue weighted by Gasteiger charge is 2.30. The van der Waals surface area contributed by atoms with E-state index in [9.17, 15) is 9.59 Å². The van der Waals surface area contributed by atoms with Crippen LogP contribution in [0.4, 0.5) is 5.69 Å². The molecule has 2 rings (SSSR count). The van der Waals surface area contributed by atoms with Gasteiger partial charge in [0.2, 0.25) is 5.91 Å². The first-order chi connectivity index (χ1) is 8.37. The van der Waals surface area contributed by atoms with Crippen LogP contribution < -0.4 is 10.2 Å². The van der Waals surface area contributed by atoms with E-state index in [1.807, 2.05) is 36.9 Å². The molecule has 1 aromatic carbocycles. The second-order valence-corrected chi connectivity index (χ2v) is 5.39. The lowest BCUT2D eigenvalue weighted by Gasteiger charge is -2.39. The van der Waals surface area contributed by atoms with Gasteiger partial charge in [-0.05, 0) is 32.9 Å². The molecule has 4 heteroatoms. The smallest absolute Gasteiger partial charge is 0.239 e. The van der Waals surface area contributed by atoms with E-state index in [0.29, 0.717) is 12.1 Å². The summed E-state index contributed by atoms with van der Waals surface area (Å²) in [5, 5.41) is 2.95. The molecule has 0 saturated carbocycles. The molecule has 1 heterocycles. The Morgan fingerprint density at radius 3 is 2.72 bits per heavy atom. The monoisotopic (exact) mass is 246 g/mol. The molecule has 1 aliphatic heterocycles. The summed E-state index contributed by atoms with van der Waals surface area (Å²) in [4.78, 5) is 25.0. The van der Waals surface area contributed by atoms with Crippen LogP contribution in [-0.4, -0.2) is 30.3 Å². The van der Waals surface area contributed by atoms with E-state index in [4.69, 9.17) is 0 Å². The predicted octanol–water partition coefficient (Wildman–Crippen LogP) is 1.60. The van der Waals surface area contributed by atoms with Crippen molar-refractivity contribution in [2.75, 3.05) is 18.0 Å². The highest BCUT2D eigenvalue weighted by molar-refractivity contribution is 5.95. The van der Waals surface area contributed by atoms with E-state index in [1.165, 1.54) is 0 Å². The number of carbonyl (C=O) groups is 2. The molecule has 0 spiro atoms. The molecule has 1 amide bonds. The van der Waals surface area contributed by atoms with Crippen molar-refractivity contribution >= 4 is 17.4 Å². The number of benzene rings is 1. The standard InChI is InChI=1S/C14H18N2O2/c1-10(17)11-5-4-6-12(7-11)16-8-13(18)15-14(2,3)9-16/h4-7H,8-9H2,1-3H3,(H,15,18). The fourth-order valence-electron chi connectivity index (χ4n) is 2.27. The number of carbonyl (C=O) groups excluding carboxylic acids is 2. The maximum Gasteiger partial charge on any atom is 0.239 e. The Labute approximate surface area is 107 Å². The number of anilines is 1. The van der Waals surface area contributed by atoms with Gasteiger partial charge in [0.15, 0.2) is 5.78 Å². The highest BCUT2D eigenvalue weighted by Crippen LogP contribution is 2.21. The Hall–Kier alpha value is -1.84. The lowest BCUT2D eigenvalue weighted by atomic mass is 10.0. The summed E-state index contributed by atoms with van der Waals surface area (Å²) in [5.74, 6) is 0.0528. The van der Waals surface area contributed by atoms with Gasteiger partial charge in [0.05, 0.1) is 12.1 Å². The van der Waals surface area contributed by atoms with E-state index < -0.39 is 0 Å². The summed E-state index contributed by atoms with van der Waals surface area (Å²) in [6.45, 7) is 6.61. The third-order valence-corrected chi connectivity index (χ3v) is 3.02. The fourth-order valence-corrected chi connectivity index (χ4v) is 2.27. The van der Waals surface area contributed by atoms with Gasteiger partial charge in [0.1, 0.15) is 0 Å². The van der Waals surface area contributed by atoms with Crippen LogP contribution in [0, 0.1) is 0 Å². The van der Waals surface area contributed by atoms with Gasteiger partial charge in [-0.15, -0.1) is 0 Å². The van der Waals surface area contributed by atoms with Crippen LogP contribution in [0.3, 0.4) is 0 Å². The van der Waals surface area contributed by atoms with Gasteiger partial charge < -0.3 is 10.2 Å². The molecule has 0 unspecified atom stereocenters. The molecule has 96 valence electrons. The van der Waals surface area contributed by atoms with Gasteiger partial charge in [-0.3, -0.25) is 9.59 Å². The minimum atomic E-state index is -0.248. The van der Waals surface area contributed by atoms with Crippen LogP contribution in [0.1, 0.15) is 31.1 Å². The number of nitrogens with one attached hydrogen (secondary N) is 1. The molecule has 0 radical (unpaired) electrons. The molecule has 0 aliphatic carbocycles. The van der Waals surface area contributed by atoms with Crippen LogP contribution >= 0.6 is 0 Å². The second-order valence-electron chi connectivity index (χ2n) is 5.39. The van der Waals surface area contributed by atoms with E-state index in [0.717, 1.165) is 12.2 Å². The first-order valence-electron chi connectivity index (χ1n) is 6.04. The van der Waals surface area contributed by atoms with Crippen molar-refractivity contribution in [3.8, 4) is 0 Å². The lowest BCUT2D eigenvalue weighted by Crippen LogP contribution is -2.60. The van der Waals surface area contributed by atoms with E-state index in [2.05, 4.69) is 5.32 Å². The number of piperazine rings is 1. The molecule has 0 atom stereocenters. The molecule has 1 aromatic rings. The Kier molecular flexibility index (Phi) is 3.11. The number of nitrogens with zero attached hydrogens (tertiary/aromatic N) is 1. The SMILES string of the molecule is CC(=O)c1cccc(N2CC(=O)NC(C)(C)C2)c1. The number of Topliss-reactive ketones (excluding diaryl/α,β-unsaturated/α-hetero) is 1. The van der Waals surface area contributed by atoms with Crippen molar-refractivity contribution in [3.63, 3.8) is 0 Å². The maximum atomic E-state index is 11.7. The zero-order chi connectivity index (χ0) is 13.3. The molecule has 1 saturated heterocycles. The first kappa shape index (κ1) is 12.6. The fraction of sp³-hybridized carbons (Fsp3) is 0.429. The second kappa shape index (κ2) is 4.44. The normalized spacial score (nSPS) is 18.4. The van der Waals surface area contributed by atoms with Crippen LogP contribution in [0.2, 0.25) is 0 Å². The van der Waals surface area contributed by atoms with Crippen LogP contribution in [-0.2, 0) is 4.79 Å². The van der Waals surface area contributed by atoms with Gasteiger partial charge in [-0.25, -0.2) is 0 Å². The maximum absolute atomic E-state index is 11.7. The van der Waals surface area contributed by atoms with Crippen LogP contribution in [0.25, 0.3) is 0 Å². The molecule has 4 nitrogen and oxygen atoms in total. The minimum Gasteiger partial charge on any atom is -0.360 e. The summed E-state index contributed by atoms with van der Waals surface area (Å²) in [6.07, 6.45) is 0. The first-order valence-corrected chi connectivity index (χ1v) is 6.04. The number of hydrogen-bond donors (Lipinski definition) is 1. The van der Waals surface area contributed by atoms with Crippen molar-refractivity contribution in [2.45, 2.75) is 26.3 Å². The molecular weight excluding hydrogens is 228 g/mol. The topological polar surface area (TPSA) is 49.4 Å². The summed E-state index contributed by atoms with van der Waals surface area (Å²) >= 11 is 0. The van der Waals surface area contributed by atoms with Gasteiger partial charge >= 0.3 is 0 Å². The van der Waals surface area contributed by atoms with E-state index >= 15 is 0 Å². The van der Waals surface area contributed by atoms with Crippen molar-refractivity contribution in [3.05, 3.63) is 29.8 Å². The van der Waals surface area contributed by atoms with Crippen molar-refractivity contribution in [2.24, 2.45) is 0 Å². The van der Waals surface area contributed by atoms with Gasteiger partial charge in [-0.1, -0.05) is 12.1 Å². The number of rotatable bonds is 2. The minimum absolute atomic E-state index is 0.0134. The zero-order valence-corrected chi connectivity index (χ0v) is 11.0. The zero-order valence-electron chi connectivity index (χ0n) is 11.0. The highest BCUT2D eigenvalue weighted by atomic mass is 16.2. The Morgan fingerprint density at radius 1 is 1.39 bits per heavy atom. The summed E-state index contributed by atoms with van der Waals surface area (Å²) in [7, 11) is 0. The molecular formula is C14H18N2O2. The Balaban J connectivity index is 2.28. The number of hydrogen-bond acceptors (Lipinski definition) is 3. The number of ketones is 1. The van der Waals surface area contributed by atoms with Crippen molar-refractivity contribution in [1.29, 1.82) is 0 Å². The average molecular weight is 246 g/mol. The van der Waals surface area contributed by atoms with Gasteiger partial charge in [0.25, 0.3) is 0 Å². The van der Waals surface area contributed by atoms with Gasteiger partial charge in [-0.2, -0.15) is 0 Å². The van der Waals surface area contributed by atoms with Crippen LogP contribution in [0.15, 0.2) is 24.3 Å². The third-order valence-electron chi connectivity index (χ3n) is 3.02. The predicted molar refractivity (Wildman–Crippen MR) is 70.9 cm³/mol. The molecule has 1 aliphatic rings. The summed E-state index contributed by atoms with van der Waals surface area (Å²) in [6, 6.07) is 7.42. The van der Waals surface area contributed by atoms with Crippen LogP contribution in [0.5, 0.6) is 0 Å². The Bertz CT molecular complexity index is 494. The van der Waals surface area contributed by atoms with E-state index in [1.54, 1.807) is 13.0 Å². The largest absolute Gasteiger partial charge is 0.360 e. The lowest BCUT2D eigenvalue weighted by molar-refractivity contribution is -0.122. The molecule has 1 fully saturated rings. The van der Waals surface area contributed by atoms with Gasteiger partial charge in [0, 0.05) is 17.8 Å². The number of amides is 1. The molecule has 0 bridgehead atoms.